The highest BCUT2D eigenvalue weighted by Gasteiger charge is 2.41. The molecule has 25 heavy (non-hydrogen) atoms. The number of carbonyl (C=O) groups is 2. The molecule has 1 aromatic carbocycles. The SMILES string of the molecule is CCOC(=O)C1=C(C)NC2=C(C(=O)CCC2)[C@@H]1c1c(F)cccc1F. The standard InChI is InChI=1S/C19H19F2NO3/c1-3-25-19(24)15-10(2)22-13-8-5-9-14(23)17(13)18(15)16-11(20)6-4-7-12(16)21/h4,6-7,18,22H,3,5,8-9H2,1-2H3/t18-/m0/s1. The van der Waals surface area contributed by atoms with Crippen molar-refractivity contribution < 1.29 is 23.1 Å². The van der Waals surface area contributed by atoms with Gasteiger partial charge >= 0.3 is 5.97 Å². The number of ether oxygens (including phenoxy) is 1. The summed E-state index contributed by atoms with van der Waals surface area (Å²) in [4.78, 5) is 25.0. The number of ketones is 1. The van der Waals surface area contributed by atoms with Gasteiger partial charge in [-0.1, -0.05) is 6.07 Å². The van der Waals surface area contributed by atoms with E-state index in [1.807, 2.05) is 0 Å². The third kappa shape index (κ3) is 2.97. The summed E-state index contributed by atoms with van der Waals surface area (Å²) in [6, 6.07) is 3.52. The van der Waals surface area contributed by atoms with Gasteiger partial charge in [0.25, 0.3) is 0 Å². The number of benzene rings is 1. The van der Waals surface area contributed by atoms with E-state index in [0.717, 1.165) is 12.1 Å². The molecule has 3 rings (SSSR count). The fraction of sp³-hybridized carbons (Fsp3) is 0.368. The van der Waals surface area contributed by atoms with Crippen LogP contribution in [0.1, 0.15) is 44.6 Å². The van der Waals surface area contributed by atoms with E-state index in [1.54, 1.807) is 13.8 Å². The van der Waals surface area contributed by atoms with Gasteiger partial charge in [-0.05, 0) is 38.8 Å². The average Bonchev–Trinajstić information content (AvgIpc) is 2.54. The van der Waals surface area contributed by atoms with Gasteiger partial charge in [0.05, 0.1) is 18.1 Å². The van der Waals surface area contributed by atoms with Crippen molar-refractivity contribution in [3.05, 3.63) is 57.9 Å². The van der Waals surface area contributed by atoms with Crippen LogP contribution in [0.4, 0.5) is 8.78 Å². The van der Waals surface area contributed by atoms with E-state index in [1.165, 1.54) is 6.07 Å². The molecule has 2 aliphatic rings. The second kappa shape index (κ2) is 6.78. The summed E-state index contributed by atoms with van der Waals surface area (Å²) in [5.74, 6) is -3.54. The molecule has 1 N–H and O–H groups in total. The number of allylic oxidation sites excluding steroid dienone is 3. The average molecular weight is 347 g/mol. The number of halogens is 2. The monoisotopic (exact) mass is 347 g/mol. The fourth-order valence-electron chi connectivity index (χ4n) is 3.54. The summed E-state index contributed by atoms with van der Waals surface area (Å²) in [7, 11) is 0. The first-order valence-electron chi connectivity index (χ1n) is 8.30. The third-order valence-electron chi connectivity index (χ3n) is 4.56. The molecule has 0 fully saturated rings. The number of nitrogens with one attached hydrogen (secondary N) is 1. The highest BCUT2D eigenvalue weighted by molar-refractivity contribution is 6.03. The first kappa shape index (κ1) is 17.3. The van der Waals surface area contributed by atoms with Crippen LogP contribution in [0.25, 0.3) is 0 Å². The maximum atomic E-state index is 14.5. The van der Waals surface area contributed by atoms with E-state index in [9.17, 15) is 18.4 Å². The Morgan fingerprint density at radius 3 is 2.60 bits per heavy atom. The van der Waals surface area contributed by atoms with Crippen molar-refractivity contribution in [1.29, 1.82) is 0 Å². The Kier molecular flexibility index (Phi) is 4.70. The lowest BCUT2D eigenvalue weighted by Crippen LogP contribution is -2.35. The third-order valence-corrected chi connectivity index (χ3v) is 4.56. The fourth-order valence-corrected chi connectivity index (χ4v) is 3.54. The Morgan fingerprint density at radius 1 is 1.28 bits per heavy atom. The van der Waals surface area contributed by atoms with Gasteiger partial charge in [0.2, 0.25) is 0 Å². The normalized spacial score (nSPS) is 20.3. The molecule has 0 saturated carbocycles. The minimum atomic E-state index is -1.09. The molecule has 1 aliphatic heterocycles. The topological polar surface area (TPSA) is 55.4 Å². The van der Waals surface area contributed by atoms with Crippen molar-refractivity contribution in [3.8, 4) is 0 Å². The van der Waals surface area contributed by atoms with E-state index < -0.39 is 23.5 Å². The quantitative estimate of drug-likeness (QED) is 0.851. The molecule has 0 unspecified atom stereocenters. The summed E-state index contributed by atoms with van der Waals surface area (Å²) < 4.78 is 34.1. The van der Waals surface area contributed by atoms with Crippen molar-refractivity contribution in [1.82, 2.24) is 5.32 Å². The minimum absolute atomic E-state index is 0.0832. The Labute approximate surface area is 144 Å². The van der Waals surface area contributed by atoms with Gasteiger partial charge in [-0.15, -0.1) is 0 Å². The van der Waals surface area contributed by atoms with Crippen LogP contribution >= 0.6 is 0 Å². The molecule has 0 bridgehead atoms. The van der Waals surface area contributed by atoms with Crippen molar-refractivity contribution >= 4 is 11.8 Å². The number of dihydropyridines is 1. The minimum Gasteiger partial charge on any atom is -0.463 e. The van der Waals surface area contributed by atoms with Crippen LogP contribution in [-0.4, -0.2) is 18.4 Å². The summed E-state index contributed by atoms with van der Waals surface area (Å²) in [5.41, 5.74) is 1.16. The molecule has 0 saturated heterocycles. The van der Waals surface area contributed by atoms with Gasteiger partial charge in [0.1, 0.15) is 11.6 Å². The molecular weight excluding hydrogens is 328 g/mol. The molecule has 1 aromatic rings. The second-order valence-electron chi connectivity index (χ2n) is 6.12. The predicted molar refractivity (Wildman–Crippen MR) is 87.5 cm³/mol. The summed E-state index contributed by atoms with van der Waals surface area (Å²) in [6.45, 7) is 3.43. The summed E-state index contributed by atoms with van der Waals surface area (Å²) in [6.07, 6.45) is 1.56. The molecule has 0 spiro atoms. The highest BCUT2D eigenvalue weighted by atomic mass is 19.1. The number of Topliss-reactive ketones (excluding diaryl/α,β-unsaturated/α-hetero) is 1. The zero-order valence-corrected chi connectivity index (χ0v) is 14.1. The van der Waals surface area contributed by atoms with Gasteiger partial charge in [-0.25, -0.2) is 13.6 Å². The Balaban J connectivity index is 2.25. The van der Waals surface area contributed by atoms with Gasteiger partial charge < -0.3 is 10.1 Å². The van der Waals surface area contributed by atoms with Crippen LogP contribution in [-0.2, 0) is 14.3 Å². The molecule has 1 atom stereocenters. The summed E-state index contributed by atoms with van der Waals surface area (Å²) >= 11 is 0. The zero-order valence-electron chi connectivity index (χ0n) is 14.1. The number of hydrogen-bond donors (Lipinski definition) is 1. The van der Waals surface area contributed by atoms with E-state index in [0.29, 0.717) is 30.7 Å². The van der Waals surface area contributed by atoms with Crippen LogP contribution in [0.5, 0.6) is 0 Å². The van der Waals surface area contributed by atoms with Crippen molar-refractivity contribution in [3.63, 3.8) is 0 Å². The molecule has 4 nitrogen and oxygen atoms in total. The first-order chi connectivity index (χ1) is 12.0. The van der Waals surface area contributed by atoms with Crippen LogP contribution in [0.3, 0.4) is 0 Å². The lowest BCUT2D eigenvalue weighted by atomic mass is 9.75. The lowest BCUT2D eigenvalue weighted by Gasteiger charge is -2.34. The number of rotatable bonds is 3. The summed E-state index contributed by atoms with van der Waals surface area (Å²) in [5, 5.41) is 3.07. The Hall–Kier alpha value is -2.50. The van der Waals surface area contributed by atoms with Crippen LogP contribution in [0, 0.1) is 11.6 Å². The van der Waals surface area contributed by atoms with Crippen molar-refractivity contribution in [2.75, 3.05) is 6.61 Å². The van der Waals surface area contributed by atoms with Crippen LogP contribution < -0.4 is 5.32 Å². The molecule has 6 heteroatoms. The smallest absolute Gasteiger partial charge is 0.336 e. The maximum absolute atomic E-state index is 14.5. The number of carbonyl (C=O) groups excluding carboxylic acids is 2. The molecule has 0 amide bonds. The number of hydrogen-bond acceptors (Lipinski definition) is 4. The largest absolute Gasteiger partial charge is 0.463 e. The molecule has 1 aliphatic carbocycles. The highest BCUT2D eigenvalue weighted by Crippen LogP contribution is 2.43. The molecule has 1 heterocycles. The molecule has 132 valence electrons. The Morgan fingerprint density at radius 2 is 1.96 bits per heavy atom. The van der Waals surface area contributed by atoms with Crippen LogP contribution in [0.15, 0.2) is 40.7 Å². The van der Waals surface area contributed by atoms with E-state index in [4.69, 9.17) is 4.74 Å². The Bertz CT molecular complexity index is 791. The molecular formula is C19H19F2NO3. The predicted octanol–water partition coefficient (Wildman–Crippen LogP) is 3.50. The lowest BCUT2D eigenvalue weighted by molar-refractivity contribution is -0.138. The molecule has 0 aromatic heterocycles. The van der Waals surface area contributed by atoms with E-state index in [2.05, 4.69) is 5.32 Å². The zero-order chi connectivity index (χ0) is 18.1. The van der Waals surface area contributed by atoms with Gasteiger partial charge in [0.15, 0.2) is 5.78 Å². The maximum Gasteiger partial charge on any atom is 0.336 e. The van der Waals surface area contributed by atoms with Gasteiger partial charge in [0, 0.05) is 29.0 Å². The van der Waals surface area contributed by atoms with Gasteiger partial charge in [-0.3, -0.25) is 4.79 Å². The first-order valence-corrected chi connectivity index (χ1v) is 8.30. The number of esters is 1. The molecule has 0 radical (unpaired) electrons. The van der Waals surface area contributed by atoms with Crippen LogP contribution in [0.2, 0.25) is 0 Å². The van der Waals surface area contributed by atoms with E-state index in [-0.39, 0.29) is 29.1 Å². The van der Waals surface area contributed by atoms with Crippen molar-refractivity contribution in [2.45, 2.75) is 39.0 Å². The second-order valence-corrected chi connectivity index (χ2v) is 6.12. The van der Waals surface area contributed by atoms with Crippen molar-refractivity contribution in [2.24, 2.45) is 0 Å². The van der Waals surface area contributed by atoms with E-state index >= 15 is 0 Å². The van der Waals surface area contributed by atoms with Gasteiger partial charge in [-0.2, -0.15) is 0 Å².